The molecule has 0 aliphatic heterocycles. The van der Waals surface area contributed by atoms with Crippen LogP contribution in [0.5, 0.6) is 0 Å². The smallest absolute Gasteiger partial charge is 0.157 e. The van der Waals surface area contributed by atoms with Crippen LogP contribution in [0.3, 0.4) is 0 Å². The minimum atomic E-state index is -0.256. The lowest BCUT2D eigenvalue weighted by molar-refractivity contribution is 0.299. The Morgan fingerprint density at radius 2 is 1.78 bits per heavy atom. The lowest BCUT2D eigenvalue weighted by Gasteiger charge is -2.07. The highest BCUT2D eigenvalue weighted by atomic mass is 19.1. The molecule has 1 aromatic carbocycles. The van der Waals surface area contributed by atoms with Gasteiger partial charge in [0.05, 0.1) is 22.8 Å². The van der Waals surface area contributed by atoms with E-state index in [-0.39, 0.29) is 12.4 Å². The van der Waals surface area contributed by atoms with Gasteiger partial charge in [-0.1, -0.05) is 6.92 Å². The van der Waals surface area contributed by atoms with Crippen LogP contribution in [-0.2, 0) is 26.3 Å². The fraction of sp³-hybridized carbons (Fsp3) is 0.333. The molecule has 0 saturated carbocycles. The van der Waals surface area contributed by atoms with Crippen LogP contribution >= 0.6 is 0 Å². The van der Waals surface area contributed by atoms with E-state index in [1.165, 1.54) is 12.1 Å². The van der Waals surface area contributed by atoms with E-state index in [0.29, 0.717) is 18.7 Å². The quantitative estimate of drug-likeness (QED) is 0.481. The number of aliphatic hydroxyl groups excluding tert-OH is 1. The van der Waals surface area contributed by atoms with Gasteiger partial charge in [0, 0.05) is 43.0 Å². The van der Waals surface area contributed by atoms with Crippen molar-refractivity contribution in [1.29, 1.82) is 0 Å². The molecular weight excluding hydrogens is 407 g/mol. The van der Waals surface area contributed by atoms with Gasteiger partial charge in [0.25, 0.3) is 0 Å². The molecule has 8 heteroatoms. The summed E-state index contributed by atoms with van der Waals surface area (Å²) in [5.41, 5.74) is 7.71. The Balaban J connectivity index is 1.69. The maximum absolute atomic E-state index is 13.4. The van der Waals surface area contributed by atoms with Crippen molar-refractivity contribution >= 4 is 0 Å². The number of nitrogens with zero attached hydrogens (tertiary/aromatic N) is 6. The van der Waals surface area contributed by atoms with Crippen molar-refractivity contribution < 1.29 is 9.50 Å². The molecule has 7 nitrogen and oxygen atoms in total. The third-order valence-corrected chi connectivity index (χ3v) is 5.78. The van der Waals surface area contributed by atoms with Gasteiger partial charge in [-0.05, 0) is 56.5 Å². The lowest BCUT2D eigenvalue weighted by atomic mass is 10.0. The minimum Gasteiger partial charge on any atom is -0.396 e. The van der Waals surface area contributed by atoms with Crippen molar-refractivity contribution in [3.05, 3.63) is 76.4 Å². The summed E-state index contributed by atoms with van der Waals surface area (Å²) in [5.74, 6) is 0.432. The number of hydrogen-bond donors (Lipinski definition) is 1. The molecule has 3 aromatic heterocycles. The Bertz CT molecular complexity index is 1240. The Labute approximate surface area is 186 Å². The number of aliphatic hydroxyl groups is 1. The second kappa shape index (κ2) is 9.00. The molecule has 0 unspecified atom stereocenters. The van der Waals surface area contributed by atoms with Gasteiger partial charge in [-0.25, -0.2) is 19.0 Å². The van der Waals surface area contributed by atoms with E-state index in [0.717, 1.165) is 51.6 Å². The first-order chi connectivity index (χ1) is 15.4. The van der Waals surface area contributed by atoms with Gasteiger partial charge in [-0.3, -0.25) is 4.68 Å². The monoisotopic (exact) mass is 434 g/mol. The highest BCUT2D eigenvalue weighted by Gasteiger charge is 2.18. The predicted molar refractivity (Wildman–Crippen MR) is 120 cm³/mol. The van der Waals surface area contributed by atoms with Crippen LogP contribution in [0.15, 0.2) is 36.7 Å². The molecule has 1 N–H and O–H groups in total. The topological polar surface area (TPSA) is 81.7 Å². The normalized spacial score (nSPS) is 11.3. The highest BCUT2D eigenvalue weighted by molar-refractivity contribution is 5.65. The van der Waals surface area contributed by atoms with Crippen molar-refractivity contribution in [3.8, 4) is 17.1 Å². The SMILES string of the molecule is CCc1c(Cc2cc(-n3nc(C)c(CCO)c3C)ncn2)nn(C)c1-c1ccc(F)cc1. The van der Waals surface area contributed by atoms with Gasteiger partial charge in [0.15, 0.2) is 5.82 Å². The van der Waals surface area contributed by atoms with E-state index in [2.05, 4.69) is 22.0 Å². The zero-order valence-corrected chi connectivity index (χ0v) is 18.8. The predicted octanol–water partition coefficient (Wildman–Crippen LogP) is 3.51. The Kier molecular flexibility index (Phi) is 6.14. The van der Waals surface area contributed by atoms with E-state index >= 15 is 0 Å². The molecule has 0 bridgehead atoms. The largest absolute Gasteiger partial charge is 0.396 e. The van der Waals surface area contributed by atoms with Gasteiger partial charge < -0.3 is 5.11 Å². The summed E-state index contributed by atoms with van der Waals surface area (Å²) in [6.45, 7) is 6.10. The van der Waals surface area contributed by atoms with Gasteiger partial charge in [-0.2, -0.15) is 10.2 Å². The molecule has 4 rings (SSSR count). The Morgan fingerprint density at radius 1 is 1.03 bits per heavy atom. The molecule has 0 atom stereocenters. The van der Waals surface area contributed by atoms with Crippen molar-refractivity contribution in [3.63, 3.8) is 0 Å². The summed E-state index contributed by atoms with van der Waals surface area (Å²) in [5, 5.41) is 18.7. The molecule has 4 aromatic rings. The average Bonchev–Trinajstić information content (AvgIpc) is 3.25. The fourth-order valence-electron chi connectivity index (χ4n) is 4.25. The third kappa shape index (κ3) is 4.05. The second-order valence-electron chi connectivity index (χ2n) is 7.84. The fourth-order valence-corrected chi connectivity index (χ4v) is 4.25. The molecule has 32 heavy (non-hydrogen) atoms. The number of hydrogen-bond acceptors (Lipinski definition) is 5. The van der Waals surface area contributed by atoms with Crippen LogP contribution in [0.25, 0.3) is 17.1 Å². The zero-order valence-electron chi connectivity index (χ0n) is 18.8. The standard InChI is InChI=1S/C24H27FN6O/c1-5-20-22(29-30(4)24(20)17-6-8-18(25)9-7-17)12-19-13-23(27-14-26-19)31-16(3)21(10-11-32)15(2)28-31/h6-9,13-14,32H,5,10-12H2,1-4H3. The van der Waals surface area contributed by atoms with Gasteiger partial charge in [-0.15, -0.1) is 0 Å². The van der Waals surface area contributed by atoms with Gasteiger partial charge in [0.2, 0.25) is 0 Å². The maximum atomic E-state index is 13.4. The average molecular weight is 435 g/mol. The van der Waals surface area contributed by atoms with E-state index < -0.39 is 0 Å². The summed E-state index contributed by atoms with van der Waals surface area (Å²) >= 11 is 0. The summed E-state index contributed by atoms with van der Waals surface area (Å²) in [4.78, 5) is 8.88. The Hall–Kier alpha value is -3.39. The highest BCUT2D eigenvalue weighted by Crippen LogP contribution is 2.28. The second-order valence-corrected chi connectivity index (χ2v) is 7.84. The molecule has 3 heterocycles. The molecule has 0 fully saturated rings. The van der Waals surface area contributed by atoms with E-state index in [1.54, 1.807) is 23.1 Å². The molecule has 0 aliphatic carbocycles. The van der Waals surface area contributed by atoms with Crippen molar-refractivity contribution in [1.82, 2.24) is 29.5 Å². The van der Waals surface area contributed by atoms with Crippen LogP contribution in [0.2, 0.25) is 0 Å². The van der Waals surface area contributed by atoms with Crippen LogP contribution in [-0.4, -0.2) is 41.2 Å². The Morgan fingerprint density at radius 3 is 2.47 bits per heavy atom. The van der Waals surface area contributed by atoms with Gasteiger partial charge >= 0.3 is 0 Å². The third-order valence-electron chi connectivity index (χ3n) is 5.78. The summed E-state index contributed by atoms with van der Waals surface area (Å²) in [6, 6.07) is 8.43. The number of aryl methyl sites for hydroxylation is 2. The first-order valence-electron chi connectivity index (χ1n) is 10.7. The van der Waals surface area contributed by atoms with Crippen molar-refractivity contribution in [2.24, 2.45) is 7.05 Å². The molecular formula is C24H27FN6O. The molecule has 166 valence electrons. The first-order valence-corrected chi connectivity index (χ1v) is 10.7. The van der Waals surface area contributed by atoms with Crippen molar-refractivity contribution in [2.75, 3.05) is 6.61 Å². The van der Waals surface area contributed by atoms with E-state index in [9.17, 15) is 9.50 Å². The molecule has 0 amide bonds. The zero-order chi connectivity index (χ0) is 22.8. The molecule has 0 spiro atoms. The van der Waals surface area contributed by atoms with E-state index in [4.69, 9.17) is 5.10 Å². The van der Waals surface area contributed by atoms with Crippen LogP contribution < -0.4 is 0 Å². The number of halogens is 1. The maximum Gasteiger partial charge on any atom is 0.157 e. The molecule has 0 radical (unpaired) electrons. The summed E-state index contributed by atoms with van der Waals surface area (Å²) in [6.07, 6.45) is 3.46. The molecule has 0 saturated heterocycles. The number of benzene rings is 1. The van der Waals surface area contributed by atoms with Crippen LogP contribution in [0.1, 0.15) is 40.8 Å². The van der Waals surface area contributed by atoms with Crippen LogP contribution in [0.4, 0.5) is 4.39 Å². The van der Waals surface area contributed by atoms with E-state index in [1.807, 2.05) is 31.6 Å². The summed E-state index contributed by atoms with van der Waals surface area (Å²) < 4.78 is 17.1. The first kappa shape index (κ1) is 21.8. The van der Waals surface area contributed by atoms with Crippen LogP contribution in [0, 0.1) is 19.7 Å². The van der Waals surface area contributed by atoms with Crippen molar-refractivity contribution in [2.45, 2.75) is 40.0 Å². The lowest BCUT2D eigenvalue weighted by Crippen LogP contribution is -2.06. The number of aromatic nitrogens is 6. The minimum absolute atomic E-state index is 0.0816. The molecule has 0 aliphatic rings. The summed E-state index contributed by atoms with van der Waals surface area (Å²) in [7, 11) is 1.91. The number of rotatable bonds is 7. The van der Waals surface area contributed by atoms with Gasteiger partial charge in [0.1, 0.15) is 12.1 Å².